The van der Waals surface area contributed by atoms with Gasteiger partial charge in [-0.25, -0.2) is 0 Å². The number of hydrogen-bond acceptors (Lipinski definition) is 3. The predicted molar refractivity (Wildman–Crippen MR) is 63.5 cm³/mol. The molecular weight excluding hydrogens is 208 g/mol. The zero-order valence-electron chi connectivity index (χ0n) is 9.99. The lowest BCUT2D eigenvalue weighted by molar-refractivity contribution is -0.139. The van der Waals surface area contributed by atoms with Gasteiger partial charge in [0.2, 0.25) is 0 Å². The smallest absolute Gasteiger partial charge is 0.320 e. The van der Waals surface area contributed by atoms with E-state index in [1.807, 2.05) is 13.8 Å². The van der Waals surface area contributed by atoms with Gasteiger partial charge >= 0.3 is 5.97 Å². The van der Waals surface area contributed by atoms with E-state index in [1.54, 1.807) is 4.90 Å². The Balaban J connectivity index is 3.93. The SMILES string of the molecule is CCN[C@@H](CCCN(CC)C(=N)N)C(=O)O. The highest BCUT2D eigenvalue weighted by Crippen LogP contribution is 2.00. The monoisotopic (exact) mass is 230 g/mol. The highest BCUT2D eigenvalue weighted by atomic mass is 16.4. The molecule has 6 heteroatoms. The lowest BCUT2D eigenvalue weighted by Crippen LogP contribution is -2.39. The molecule has 5 N–H and O–H groups in total. The standard InChI is InChI=1S/C10H22N4O2/c1-3-13-8(9(15)16)6-5-7-14(4-2)10(11)12/h8,13H,3-7H2,1-2H3,(H3,11,12)(H,15,16)/t8-/m0/s1. The summed E-state index contributed by atoms with van der Waals surface area (Å²) in [6.07, 6.45) is 1.25. The van der Waals surface area contributed by atoms with Gasteiger partial charge in [0.15, 0.2) is 5.96 Å². The summed E-state index contributed by atoms with van der Waals surface area (Å²) in [5.41, 5.74) is 5.36. The van der Waals surface area contributed by atoms with Crippen molar-refractivity contribution in [3.63, 3.8) is 0 Å². The Bertz CT molecular complexity index is 233. The third kappa shape index (κ3) is 5.55. The van der Waals surface area contributed by atoms with Crippen LogP contribution in [0, 0.1) is 5.41 Å². The van der Waals surface area contributed by atoms with E-state index in [2.05, 4.69) is 5.32 Å². The summed E-state index contributed by atoms with van der Waals surface area (Å²) in [5.74, 6) is -0.787. The van der Waals surface area contributed by atoms with Crippen molar-refractivity contribution in [3.05, 3.63) is 0 Å². The Morgan fingerprint density at radius 2 is 2.19 bits per heavy atom. The number of guanidine groups is 1. The van der Waals surface area contributed by atoms with Gasteiger partial charge in [0.25, 0.3) is 0 Å². The lowest BCUT2D eigenvalue weighted by Gasteiger charge is -2.21. The van der Waals surface area contributed by atoms with Crippen LogP contribution < -0.4 is 11.1 Å². The molecule has 0 heterocycles. The molecule has 0 aliphatic heterocycles. The Labute approximate surface area is 96.3 Å². The molecule has 0 aliphatic rings. The molecule has 16 heavy (non-hydrogen) atoms. The number of hydrogen-bond donors (Lipinski definition) is 4. The second kappa shape index (κ2) is 7.92. The molecule has 0 fully saturated rings. The molecule has 0 aromatic carbocycles. The largest absolute Gasteiger partial charge is 0.480 e. The molecule has 6 nitrogen and oxygen atoms in total. The van der Waals surface area contributed by atoms with Gasteiger partial charge in [-0.3, -0.25) is 10.2 Å². The van der Waals surface area contributed by atoms with Crippen molar-refractivity contribution in [2.45, 2.75) is 32.7 Å². The maximum absolute atomic E-state index is 10.8. The molecule has 0 bridgehead atoms. The van der Waals surface area contributed by atoms with E-state index in [9.17, 15) is 4.79 Å². The molecule has 1 atom stereocenters. The van der Waals surface area contributed by atoms with Crippen LogP contribution in [0.4, 0.5) is 0 Å². The summed E-state index contributed by atoms with van der Waals surface area (Å²) in [7, 11) is 0. The van der Waals surface area contributed by atoms with Crippen LogP contribution in [-0.2, 0) is 4.79 Å². The number of carboxylic acid groups (broad SMARTS) is 1. The first-order chi connectivity index (χ1) is 7.52. The number of nitrogens with two attached hydrogens (primary N) is 1. The fourth-order valence-electron chi connectivity index (χ4n) is 1.49. The number of likely N-dealkylation sites (N-methyl/N-ethyl adjacent to an activating group) is 1. The number of aliphatic carboxylic acids is 1. The van der Waals surface area contributed by atoms with Crippen molar-refractivity contribution >= 4 is 11.9 Å². The van der Waals surface area contributed by atoms with Crippen LogP contribution in [0.15, 0.2) is 0 Å². The molecule has 0 unspecified atom stereocenters. The topological polar surface area (TPSA) is 102 Å². The maximum atomic E-state index is 10.8. The van der Waals surface area contributed by atoms with E-state index in [0.29, 0.717) is 32.5 Å². The van der Waals surface area contributed by atoms with Crippen LogP contribution in [0.5, 0.6) is 0 Å². The van der Waals surface area contributed by atoms with E-state index in [-0.39, 0.29) is 5.96 Å². The Hall–Kier alpha value is -1.30. The van der Waals surface area contributed by atoms with E-state index < -0.39 is 12.0 Å². The minimum atomic E-state index is -0.826. The van der Waals surface area contributed by atoms with Crippen LogP contribution >= 0.6 is 0 Å². The highest BCUT2D eigenvalue weighted by molar-refractivity contribution is 5.74. The zero-order valence-corrected chi connectivity index (χ0v) is 9.99. The second-order valence-corrected chi connectivity index (χ2v) is 3.56. The van der Waals surface area contributed by atoms with Crippen molar-refractivity contribution in [3.8, 4) is 0 Å². The first-order valence-corrected chi connectivity index (χ1v) is 5.58. The average molecular weight is 230 g/mol. The summed E-state index contributed by atoms with van der Waals surface area (Å²) < 4.78 is 0. The lowest BCUT2D eigenvalue weighted by atomic mass is 10.1. The maximum Gasteiger partial charge on any atom is 0.320 e. The molecule has 0 rings (SSSR count). The van der Waals surface area contributed by atoms with Crippen LogP contribution in [0.2, 0.25) is 0 Å². The van der Waals surface area contributed by atoms with Crippen LogP contribution in [-0.4, -0.2) is 47.6 Å². The van der Waals surface area contributed by atoms with Crippen LogP contribution in [0.1, 0.15) is 26.7 Å². The number of nitrogens with one attached hydrogen (secondary N) is 2. The van der Waals surface area contributed by atoms with E-state index in [4.69, 9.17) is 16.2 Å². The molecular formula is C10H22N4O2. The zero-order chi connectivity index (χ0) is 12.6. The van der Waals surface area contributed by atoms with Crippen LogP contribution in [0.25, 0.3) is 0 Å². The van der Waals surface area contributed by atoms with Gasteiger partial charge in [-0.2, -0.15) is 0 Å². The summed E-state index contributed by atoms with van der Waals surface area (Å²) in [6.45, 7) is 5.74. The van der Waals surface area contributed by atoms with E-state index >= 15 is 0 Å². The van der Waals surface area contributed by atoms with Gasteiger partial charge < -0.3 is 21.1 Å². The molecule has 0 radical (unpaired) electrons. The van der Waals surface area contributed by atoms with Gasteiger partial charge in [-0.15, -0.1) is 0 Å². The molecule has 0 spiro atoms. The quantitative estimate of drug-likeness (QED) is 0.348. The molecule has 94 valence electrons. The molecule has 0 aromatic heterocycles. The summed E-state index contributed by atoms with van der Waals surface area (Å²) in [6, 6.07) is -0.504. The van der Waals surface area contributed by atoms with Crippen molar-refractivity contribution in [1.82, 2.24) is 10.2 Å². The normalized spacial score (nSPS) is 12.1. The van der Waals surface area contributed by atoms with Gasteiger partial charge in [0, 0.05) is 13.1 Å². The van der Waals surface area contributed by atoms with E-state index in [1.165, 1.54) is 0 Å². The van der Waals surface area contributed by atoms with E-state index in [0.717, 1.165) is 0 Å². The van der Waals surface area contributed by atoms with Crippen molar-refractivity contribution in [2.75, 3.05) is 19.6 Å². The van der Waals surface area contributed by atoms with Gasteiger partial charge in [-0.1, -0.05) is 6.92 Å². The first-order valence-electron chi connectivity index (χ1n) is 5.58. The van der Waals surface area contributed by atoms with Crippen LogP contribution in [0.3, 0.4) is 0 Å². The van der Waals surface area contributed by atoms with Crippen molar-refractivity contribution in [1.29, 1.82) is 5.41 Å². The molecule has 0 saturated heterocycles. The third-order valence-corrected chi connectivity index (χ3v) is 2.39. The Morgan fingerprint density at radius 3 is 2.56 bits per heavy atom. The first kappa shape index (κ1) is 14.7. The van der Waals surface area contributed by atoms with Gasteiger partial charge in [0.1, 0.15) is 6.04 Å². The number of rotatable bonds is 8. The third-order valence-electron chi connectivity index (χ3n) is 2.39. The van der Waals surface area contributed by atoms with Gasteiger partial charge in [-0.05, 0) is 26.3 Å². The number of nitrogens with zero attached hydrogens (tertiary/aromatic N) is 1. The fourth-order valence-corrected chi connectivity index (χ4v) is 1.49. The molecule has 0 amide bonds. The Morgan fingerprint density at radius 1 is 1.56 bits per heavy atom. The summed E-state index contributed by atoms with van der Waals surface area (Å²) in [5, 5.41) is 19.1. The number of carbonyl (C=O) groups is 1. The molecule has 0 aromatic rings. The minimum absolute atomic E-state index is 0.0397. The van der Waals surface area contributed by atoms with Crippen molar-refractivity contribution in [2.24, 2.45) is 5.73 Å². The Kier molecular flexibility index (Phi) is 7.28. The fraction of sp³-hybridized carbons (Fsp3) is 0.800. The highest BCUT2D eigenvalue weighted by Gasteiger charge is 2.15. The minimum Gasteiger partial charge on any atom is -0.480 e. The summed E-state index contributed by atoms with van der Waals surface area (Å²) in [4.78, 5) is 12.5. The predicted octanol–water partition coefficient (Wildman–Crippen LogP) is 0.0447. The molecule has 0 saturated carbocycles. The number of carboxylic acids is 1. The van der Waals surface area contributed by atoms with Gasteiger partial charge in [0.05, 0.1) is 0 Å². The average Bonchev–Trinajstić information content (AvgIpc) is 2.21. The second-order valence-electron chi connectivity index (χ2n) is 3.56. The summed E-state index contributed by atoms with van der Waals surface area (Å²) >= 11 is 0. The van der Waals surface area contributed by atoms with Crippen molar-refractivity contribution < 1.29 is 9.90 Å². The molecule has 0 aliphatic carbocycles.